The standard InChI is InChI=1S/C22H35NO4/c1-6-26-20(24)15-10-8-7-9-11-16-23-19-14-12-13-18(17(19)2)21(25)27-22(3,4)5/h12-14,23H,6-11,15-16H2,1-5H3. The zero-order valence-corrected chi connectivity index (χ0v) is 17.5. The molecule has 0 saturated carbocycles. The van der Waals surface area contributed by atoms with E-state index in [0.717, 1.165) is 49.9 Å². The average Bonchev–Trinajstić information content (AvgIpc) is 2.57. The predicted octanol–water partition coefficient (Wildman–Crippen LogP) is 5.27. The minimum atomic E-state index is -0.500. The van der Waals surface area contributed by atoms with Crippen LogP contribution in [0.1, 0.15) is 82.1 Å². The molecule has 0 saturated heterocycles. The van der Waals surface area contributed by atoms with E-state index in [2.05, 4.69) is 5.32 Å². The van der Waals surface area contributed by atoms with Crippen LogP contribution < -0.4 is 5.32 Å². The first-order valence-corrected chi connectivity index (χ1v) is 9.97. The maximum absolute atomic E-state index is 12.3. The van der Waals surface area contributed by atoms with Crippen molar-refractivity contribution in [1.29, 1.82) is 0 Å². The first-order chi connectivity index (χ1) is 12.7. The molecule has 0 aliphatic rings. The molecule has 0 fully saturated rings. The summed E-state index contributed by atoms with van der Waals surface area (Å²) in [5.74, 6) is -0.384. The fourth-order valence-corrected chi connectivity index (χ4v) is 2.76. The van der Waals surface area contributed by atoms with Gasteiger partial charge in [-0.3, -0.25) is 4.79 Å². The second kappa shape index (κ2) is 11.6. The molecule has 0 atom stereocenters. The van der Waals surface area contributed by atoms with E-state index in [9.17, 15) is 9.59 Å². The second-order valence-corrected chi connectivity index (χ2v) is 7.73. The van der Waals surface area contributed by atoms with Gasteiger partial charge in [0.15, 0.2) is 0 Å². The SMILES string of the molecule is CCOC(=O)CCCCCCCNc1cccc(C(=O)OC(C)(C)C)c1C. The molecule has 0 aromatic heterocycles. The average molecular weight is 378 g/mol. The quantitative estimate of drug-likeness (QED) is 0.420. The summed E-state index contributed by atoms with van der Waals surface area (Å²) >= 11 is 0. The molecule has 27 heavy (non-hydrogen) atoms. The zero-order valence-electron chi connectivity index (χ0n) is 17.5. The van der Waals surface area contributed by atoms with E-state index < -0.39 is 5.60 Å². The van der Waals surface area contributed by atoms with Gasteiger partial charge in [0.1, 0.15) is 5.60 Å². The fourth-order valence-electron chi connectivity index (χ4n) is 2.76. The summed E-state index contributed by atoms with van der Waals surface area (Å²) in [4.78, 5) is 23.6. The van der Waals surface area contributed by atoms with Crippen LogP contribution in [0.4, 0.5) is 5.69 Å². The van der Waals surface area contributed by atoms with Crippen molar-refractivity contribution >= 4 is 17.6 Å². The van der Waals surface area contributed by atoms with Crippen LogP contribution in [0.25, 0.3) is 0 Å². The first kappa shape index (κ1) is 23.0. The molecular weight excluding hydrogens is 342 g/mol. The summed E-state index contributed by atoms with van der Waals surface area (Å²) in [7, 11) is 0. The number of ether oxygens (including phenoxy) is 2. The van der Waals surface area contributed by atoms with Gasteiger partial charge in [-0.05, 0) is 65.2 Å². The summed E-state index contributed by atoms with van der Waals surface area (Å²) in [6.07, 6.45) is 5.73. The lowest BCUT2D eigenvalue weighted by atomic mass is 10.1. The number of nitrogens with one attached hydrogen (secondary N) is 1. The molecule has 152 valence electrons. The highest BCUT2D eigenvalue weighted by Crippen LogP contribution is 2.22. The van der Waals surface area contributed by atoms with Crippen LogP contribution in [0.2, 0.25) is 0 Å². The lowest BCUT2D eigenvalue weighted by Crippen LogP contribution is -2.24. The number of carbonyl (C=O) groups is 2. The van der Waals surface area contributed by atoms with E-state index in [0.29, 0.717) is 18.6 Å². The summed E-state index contributed by atoms with van der Waals surface area (Å²) in [6.45, 7) is 10.7. The van der Waals surface area contributed by atoms with Crippen LogP contribution in [0.15, 0.2) is 18.2 Å². The molecule has 5 heteroatoms. The Bertz CT molecular complexity index is 605. The monoisotopic (exact) mass is 377 g/mol. The van der Waals surface area contributed by atoms with Crippen molar-refractivity contribution in [3.8, 4) is 0 Å². The van der Waals surface area contributed by atoms with Crippen molar-refractivity contribution in [2.75, 3.05) is 18.5 Å². The maximum Gasteiger partial charge on any atom is 0.338 e. The number of unbranched alkanes of at least 4 members (excludes halogenated alkanes) is 4. The highest BCUT2D eigenvalue weighted by Gasteiger charge is 2.20. The molecule has 0 bridgehead atoms. The second-order valence-electron chi connectivity index (χ2n) is 7.73. The molecule has 1 aromatic carbocycles. The molecular formula is C22H35NO4. The van der Waals surface area contributed by atoms with E-state index in [-0.39, 0.29) is 11.9 Å². The van der Waals surface area contributed by atoms with Crippen LogP contribution in [-0.2, 0) is 14.3 Å². The third kappa shape index (κ3) is 9.45. The maximum atomic E-state index is 12.3. The van der Waals surface area contributed by atoms with Gasteiger partial charge in [-0.1, -0.05) is 25.3 Å². The van der Waals surface area contributed by atoms with Gasteiger partial charge in [0.05, 0.1) is 12.2 Å². The van der Waals surface area contributed by atoms with Crippen molar-refractivity contribution < 1.29 is 19.1 Å². The summed E-state index contributed by atoms with van der Waals surface area (Å²) in [5, 5.41) is 3.42. The molecule has 0 aliphatic heterocycles. The number of esters is 2. The lowest BCUT2D eigenvalue weighted by Gasteiger charge is -2.21. The molecule has 0 radical (unpaired) electrons. The molecule has 0 spiro atoms. The topological polar surface area (TPSA) is 64.6 Å². The van der Waals surface area contributed by atoms with Gasteiger partial charge < -0.3 is 14.8 Å². The molecule has 0 heterocycles. The van der Waals surface area contributed by atoms with Crippen LogP contribution in [-0.4, -0.2) is 30.7 Å². The van der Waals surface area contributed by atoms with Gasteiger partial charge in [-0.15, -0.1) is 0 Å². The molecule has 0 unspecified atom stereocenters. The number of rotatable bonds is 11. The molecule has 1 aromatic rings. The van der Waals surface area contributed by atoms with Crippen molar-refractivity contribution in [2.45, 2.75) is 78.7 Å². The van der Waals surface area contributed by atoms with Gasteiger partial charge in [0, 0.05) is 18.7 Å². The summed E-state index contributed by atoms with van der Waals surface area (Å²) in [6, 6.07) is 5.67. The number of carbonyl (C=O) groups excluding carboxylic acids is 2. The molecule has 1 rings (SSSR count). The smallest absolute Gasteiger partial charge is 0.338 e. The molecule has 5 nitrogen and oxygen atoms in total. The van der Waals surface area contributed by atoms with Crippen LogP contribution in [0.5, 0.6) is 0 Å². The minimum absolute atomic E-state index is 0.0977. The lowest BCUT2D eigenvalue weighted by molar-refractivity contribution is -0.143. The normalized spacial score (nSPS) is 11.1. The van der Waals surface area contributed by atoms with Gasteiger partial charge >= 0.3 is 11.9 Å². The Morgan fingerprint density at radius 2 is 1.70 bits per heavy atom. The van der Waals surface area contributed by atoms with Crippen molar-refractivity contribution in [3.63, 3.8) is 0 Å². The third-order valence-corrected chi connectivity index (χ3v) is 4.13. The third-order valence-electron chi connectivity index (χ3n) is 4.13. The number of anilines is 1. The first-order valence-electron chi connectivity index (χ1n) is 9.97. The van der Waals surface area contributed by atoms with E-state index >= 15 is 0 Å². The molecule has 1 N–H and O–H groups in total. The van der Waals surface area contributed by atoms with Crippen LogP contribution >= 0.6 is 0 Å². The number of benzene rings is 1. The van der Waals surface area contributed by atoms with Gasteiger partial charge in [0.25, 0.3) is 0 Å². The van der Waals surface area contributed by atoms with E-state index in [1.807, 2.05) is 46.8 Å². The largest absolute Gasteiger partial charge is 0.466 e. The predicted molar refractivity (Wildman–Crippen MR) is 109 cm³/mol. The van der Waals surface area contributed by atoms with E-state index in [4.69, 9.17) is 9.47 Å². The van der Waals surface area contributed by atoms with Crippen molar-refractivity contribution in [3.05, 3.63) is 29.3 Å². The summed E-state index contributed by atoms with van der Waals surface area (Å²) < 4.78 is 10.4. The van der Waals surface area contributed by atoms with Gasteiger partial charge in [-0.25, -0.2) is 4.79 Å². The Hall–Kier alpha value is -2.04. The van der Waals surface area contributed by atoms with Gasteiger partial charge in [-0.2, -0.15) is 0 Å². The van der Waals surface area contributed by atoms with Gasteiger partial charge in [0.2, 0.25) is 0 Å². The minimum Gasteiger partial charge on any atom is -0.466 e. The molecule has 0 amide bonds. The zero-order chi connectivity index (χ0) is 20.3. The number of hydrogen-bond acceptors (Lipinski definition) is 5. The fraction of sp³-hybridized carbons (Fsp3) is 0.636. The van der Waals surface area contributed by atoms with E-state index in [1.165, 1.54) is 0 Å². The van der Waals surface area contributed by atoms with Crippen LogP contribution in [0.3, 0.4) is 0 Å². The Morgan fingerprint density at radius 1 is 1.04 bits per heavy atom. The highest BCUT2D eigenvalue weighted by atomic mass is 16.6. The van der Waals surface area contributed by atoms with Crippen LogP contribution in [0, 0.1) is 6.92 Å². The Kier molecular flexibility index (Phi) is 9.90. The Balaban J connectivity index is 2.32. The molecule has 0 aliphatic carbocycles. The highest BCUT2D eigenvalue weighted by molar-refractivity contribution is 5.93. The Morgan fingerprint density at radius 3 is 2.37 bits per heavy atom. The van der Waals surface area contributed by atoms with Crippen molar-refractivity contribution in [1.82, 2.24) is 0 Å². The Labute approximate surface area is 163 Å². The number of hydrogen-bond donors (Lipinski definition) is 1. The van der Waals surface area contributed by atoms with Crippen molar-refractivity contribution in [2.24, 2.45) is 0 Å². The van der Waals surface area contributed by atoms with E-state index in [1.54, 1.807) is 6.07 Å². The summed E-state index contributed by atoms with van der Waals surface area (Å²) in [5.41, 5.74) is 2.00.